The zero-order chi connectivity index (χ0) is 15.1. The van der Waals surface area contributed by atoms with Gasteiger partial charge in [-0.15, -0.1) is 0 Å². The van der Waals surface area contributed by atoms with Crippen LogP contribution in [0.3, 0.4) is 0 Å². The molecule has 3 heteroatoms. The minimum atomic E-state index is 0.897. The lowest BCUT2D eigenvalue weighted by Crippen LogP contribution is -2.19. The second-order valence-electron chi connectivity index (χ2n) is 5.60. The number of anilines is 1. The van der Waals surface area contributed by atoms with Crippen molar-refractivity contribution in [2.24, 2.45) is 0 Å². The van der Waals surface area contributed by atoms with Crippen LogP contribution in [0.1, 0.15) is 30.0 Å². The normalized spacial score (nSPS) is 10.9. The lowest BCUT2D eigenvalue weighted by atomic mass is 10.1. The fourth-order valence-corrected chi connectivity index (χ4v) is 2.44. The van der Waals surface area contributed by atoms with Gasteiger partial charge in [-0.3, -0.25) is 4.90 Å². The molecule has 112 valence electrons. The first-order valence-electron chi connectivity index (χ1n) is 7.61. The van der Waals surface area contributed by atoms with Crippen LogP contribution in [0.15, 0.2) is 42.6 Å². The average Bonchev–Trinajstić information content (AvgIpc) is 2.46. The Balaban J connectivity index is 2.00. The van der Waals surface area contributed by atoms with E-state index in [1.807, 2.05) is 12.3 Å². The van der Waals surface area contributed by atoms with Gasteiger partial charge < -0.3 is 5.32 Å². The van der Waals surface area contributed by atoms with E-state index in [9.17, 15) is 0 Å². The molecule has 1 N–H and O–H groups in total. The summed E-state index contributed by atoms with van der Waals surface area (Å²) in [7, 11) is 2.15. The van der Waals surface area contributed by atoms with Gasteiger partial charge in [-0.05, 0) is 32.0 Å². The van der Waals surface area contributed by atoms with E-state index in [1.54, 1.807) is 0 Å². The fourth-order valence-electron chi connectivity index (χ4n) is 2.44. The molecule has 0 aliphatic carbocycles. The van der Waals surface area contributed by atoms with Crippen molar-refractivity contribution in [3.63, 3.8) is 0 Å². The van der Waals surface area contributed by atoms with Crippen molar-refractivity contribution in [1.82, 2.24) is 9.88 Å². The van der Waals surface area contributed by atoms with Crippen LogP contribution in [0, 0.1) is 6.92 Å². The van der Waals surface area contributed by atoms with Crippen LogP contribution in [-0.4, -0.2) is 23.5 Å². The Bertz CT molecular complexity index is 566. The molecule has 0 bridgehead atoms. The van der Waals surface area contributed by atoms with E-state index in [0.29, 0.717) is 0 Å². The molecule has 0 fully saturated rings. The van der Waals surface area contributed by atoms with Crippen molar-refractivity contribution in [3.8, 4) is 0 Å². The molecule has 2 rings (SSSR count). The van der Waals surface area contributed by atoms with Crippen LogP contribution in [0.4, 0.5) is 5.82 Å². The molecule has 0 aliphatic rings. The van der Waals surface area contributed by atoms with E-state index in [2.05, 4.69) is 66.4 Å². The highest BCUT2D eigenvalue weighted by Crippen LogP contribution is 2.15. The summed E-state index contributed by atoms with van der Waals surface area (Å²) in [5.41, 5.74) is 3.91. The van der Waals surface area contributed by atoms with Gasteiger partial charge in [-0.2, -0.15) is 0 Å². The van der Waals surface area contributed by atoms with Crippen LogP contribution in [0.25, 0.3) is 0 Å². The van der Waals surface area contributed by atoms with Crippen molar-refractivity contribution in [2.75, 3.05) is 18.9 Å². The van der Waals surface area contributed by atoms with Gasteiger partial charge in [-0.25, -0.2) is 4.98 Å². The molecular formula is C18H25N3. The molecule has 1 aromatic heterocycles. The van der Waals surface area contributed by atoms with Gasteiger partial charge in [-0.1, -0.05) is 42.8 Å². The van der Waals surface area contributed by atoms with E-state index in [-0.39, 0.29) is 0 Å². The summed E-state index contributed by atoms with van der Waals surface area (Å²) in [6.45, 7) is 7.11. The van der Waals surface area contributed by atoms with E-state index in [0.717, 1.165) is 31.9 Å². The highest BCUT2D eigenvalue weighted by atomic mass is 15.1. The SMILES string of the molecule is CCCNc1ncccc1CN(C)Cc1cccc(C)c1. The van der Waals surface area contributed by atoms with Crippen LogP contribution in [0.2, 0.25) is 0 Å². The zero-order valence-corrected chi connectivity index (χ0v) is 13.3. The number of nitrogens with one attached hydrogen (secondary N) is 1. The minimum Gasteiger partial charge on any atom is -0.370 e. The molecule has 0 unspecified atom stereocenters. The maximum atomic E-state index is 4.45. The third-order valence-electron chi connectivity index (χ3n) is 3.41. The Kier molecular flexibility index (Phi) is 5.76. The Morgan fingerprint density at radius 1 is 1.14 bits per heavy atom. The Hall–Kier alpha value is -1.87. The molecule has 3 nitrogen and oxygen atoms in total. The number of benzene rings is 1. The molecule has 21 heavy (non-hydrogen) atoms. The van der Waals surface area contributed by atoms with Crippen molar-refractivity contribution >= 4 is 5.82 Å². The van der Waals surface area contributed by atoms with Gasteiger partial charge >= 0.3 is 0 Å². The van der Waals surface area contributed by atoms with E-state index in [4.69, 9.17) is 0 Å². The molecular weight excluding hydrogens is 258 g/mol. The Morgan fingerprint density at radius 3 is 2.76 bits per heavy atom. The first-order valence-corrected chi connectivity index (χ1v) is 7.61. The summed E-state index contributed by atoms with van der Waals surface area (Å²) >= 11 is 0. The van der Waals surface area contributed by atoms with Crippen molar-refractivity contribution < 1.29 is 0 Å². The fraction of sp³-hybridized carbons (Fsp3) is 0.389. The highest BCUT2D eigenvalue weighted by molar-refractivity contribution is 5.43. The lowest BCUT2D eigenvalue weighted by molar-refractivity contribution is 0.319. The zero-order valence-electron chi connectivity index (χ0n) is 13.3. The number of nitrogens with zero attached hydrogens (tertiary/aromatic N) is 2. The first kappa shape index (κ1) is 15.5. The number of aromatic nitrogens is 1. The first-order chi connectivity index (χ1) is 10.2. The second kappa shape index (κ2) is 7.79. The van der Waals surface area contributed by atoms with Gasteiger partial charge in [0, 0.05) is 31.4 Å². The summed E-state index contributed by atoms with van der Waals surface area (Å²) in [6, 6.07) is 12.8. The molecule has 0 spiro atoms. The van der Waals surface area contributed by atoms with Crippen molar-refractivity contribution in [1.29, 1.82) is 0 Å². The van der Waals surface area contributed by atoms with Gasteiger partial charge in [0.25, 0.3) is 0 Å². The van der Waals surface area contributed by atoms with Crippen LogP contribution < -0.4 is 5.32 Å². The molecule has 0 aliphatic heterocycles. The maximum absolute atomic E-state index is 4.45. The Morgan fingerprint density at radius 2 is 2.00 bits per heavy atom. The summed E-state index contributed by atoms with van der Waals surface area (Å²) in [4.78, 5) is 6.77. The predicted octanol–water partition coefficient (Wildman–Crippen LogP) is 3.84. The topological polar surface area (TPSA) is 28.2 Å². The molecule has 0 atom stereocenters. The number of rotatable bonds is 7. The number of hydrogen-bond acceptors (Lipinski definition) is 3. The largest absolute Gasteiger partial charge is 0.370 e. The van der Waals surface area contributed by atoms with E-state index >= 15 is 0 Å². The third kappa shape index (κ3) is 4.87. The summed E-state index contributed by atoms with van der Waals surface area (Å²) in [5, 5.41) is 3.40. The molecule has 1 heterocycles. The van der Waals surface area contributed by atoms with Crippen LogP contribution in [0.5, 0.6) is 0 Å². The third-order valence-corrected chi connectivity index (χ3v) is 3.41. The standard InChI is InChI=1S/C18H25N3/c1-4-10-19-18-17(9-6-11-20-18)14-21(3)13-16-8-5-7-15(2)12-16/h5-9,11-12H,4,10,13-14H2,1-3H3,(H,19,20). The molecule has 0 saturated heterocycles. The molecule has 0 amide bonds. The minimum absolute atomic E-state index is 0.897. The Labute approximate surface area is 128 Å². The molecule has 0 radical (unpaired) electrons. The van der Waals surface area contributed by atoms with Gasteiger partial charge in [0.05, 0.1) is 0 Å². The molecule has 0 saturated carbocycles. The lowest BCUT2D eigenvalue weighted by Gasteiger charge is -2.19. The van der Waals surface area contributed by atoms with Crippen molar-refractivity contribution in [3.05, 3.63) is 59.3 Å². The van der Waals surface area contributed by atoms with Crippen LogP contribution >= 0.6 is 0 Å². The number of hydrogen-bond donors (Lipinski definition) is 1. The molecule has 1 aromatic carbocycles. The van der Waals surface area contributed by atoms with Gasteiger partial charge in [0.15, 0.2) is 0 Å². The van der Waals surface area contributed by atoms with E-state index in [1.165, 1.54) is 16.7 Å². The number of pyridine rings is 1. The summed E-state index contributed by atoms with van der Waals surface area (Å²) in [5.74, 6) is 1.01. The van der Waals surface area contributed by atoms with Gasteiger partial charge in [0.2, 0.25) is 0 Å². The predicted molar refractivity (Wildman–Crippen MR) is 89.4 cm³/mol. The smallest absolute Gasteiger partial charge is 0.130 e. The molecule has 2 aromatic rings. The quantitative estimate of drug-likeness (QED) is 0.836. The van der Waals surface area contributed by atoms with Crippen molar-refractivity contribution in [2.45, 2.75) is 33.4 Å². The second-order valence-corrected chi connectivity index (χ2v) is 5.60. The summed E-state index contributed by atoms with van der Waals surface area (Å²) < 4.78 is 0. The summed E-state index contributed by atoms with van der Waals surface area (Å²) in [6.07, 6.45) is 2.96. The highest BCUT2D eigenvalue weighted by Gasteiger charge is 2.07. The average molecular weight is 283 g/mol. The van der Waals surface area contributed by atoms with E-state index < -0.39 is 0 Å². The monoisotopic (exact) mass is 283 g/mol. The van der Waals surface area contributed by atoms with Crippen LogP contribution in [-0.2, 0) is 13.1 Å². The maximum Gasteiger partial charge on any atom is 0.130 e. The number of aryl methyl sites for hydroxylation is 1. The van der Waals surface area contributed by atoms with Gasteiger partial charge in [0.1, 0.15) is 5.82 Å².